The Kier molecular flexibility index (Phi) is 4.73. The van der Waals surface area contributed by atoms with Crippen LogP contribution in [0.4, 0.5) is 4.79 Å². The third kappa shape index (κ3) is 3.70. The van der Waals surface area contributed by atoms with Crippen molar-refractivity contribution in [3.05, 3.63) is 0 Å². The van der Waals surface area contributed by atoms with E-state index in [0.29, 0.717) is 19.4 Å². The van der Waals surface area contributed by atoms with E-state index in [-0.39, 0.29) is 5.91 Å². The highest BCUT2D eigenvalue weighted by atomic mass is 16.6. The van der Waals surface area contributed by atoms with E-state index < -0.39 is 23.7 Å². The predicted octanol–water partition coefficient (Wildman–Crippen LogP) is 1.93. The lowest BCUT2D eigenvalue weighted by atomic mass is 9.97. The normalized spacial score (nSPS) is 22.2. The van der Waals surface area contributed by atoms with Gasteiger partial charge in [-0.2, -0.15) is 0 Å². The van der Waals surface area contributed by atoms with Crippen molar-refractivity contribution in [1.29, 1.82) is 0 Å². The predicted molar refractivity (Wildman–Crippen MR) is 67.0 cm³/mol. The summed E-state index contributed by atoms with van der Waals surface area (Å²) in [6.45, 7) is 7.56. The van der Waals surface area contributed by atoms with Gasteiger partial charge < -0.3 is 9.84 Å². The second-order valence-electron chi connectivity index (χ2n) is 5.72. The van der Waals surface area contributed by atoms with Crippen LogP contribution >= 0.6 is 0 Å². The maximum Gasteiger partial charge on any atom is 0.417 e. The Hall–Kier alpha value is -1.10. The molecular formula is C13H23NO4. The highest BCUT2D eigenvalue weighted by Gasteiger charge is 2.40. The van der Waals surface area contributed by atoms with Crippen LogP contribution in [0.1, 0.15) is 47.0 Å². The lowest BCUT2D eigenvalue weighted by Gasteiger charge is -2.24. The van der Waals surface area contributed by atoms with E-state index in [1.165, 1.54) is 0 Å². The van der Waals surface area contributed by atoms with Crippen molar-refractivity contribution in [2.24, 2.45) is 5.92 Å². The summed E-state index contributed by atoms with van der Waals surface area (Å²) < 4.78 is 5.16. The number of carbonyl (C=O) groups excluding carboxylic acids is 2. The van der Waals surface area contributed by atoms with Gasteiger partial charge in [0.25, 0.3) is 0 Å². The molecule has 2 atom stereocenters. The number of amides is 2. The summed E-state index contributed by atoms with van der Waals surface area (Å²) in [7, 11) is 0. The van der Waals surface area contributed by atoms with Crippen LogP contribution in [-0.4, -0.2) is 40.3 Å². The molecule has 18 heavy (non-hydrogen) atoms. The van der Waals surface area contributed by atoms with Crippen molar-refractivity contribution >= 4 is 12.0 Å². The van der Waals surface area contributed by atoms with Crippen LogP contribution in [0, 0.1) is 5.92 Å². The lowest BCUT2D eigenvalue weighted by molar-refractivity contribution is -0.133. The van der Waals surface area contributed by atoms with Gasteiger partial charge in [0.05, 0.1) is 12.0 Å². The van der Waals surface area contributed by atoms with Gasteiger partial charge in [-0.25, -0.2) is 9.69 Å². The third-order valence-electron chi connectivity index (χ3n) is 2.91. The summed E-state index contributed by atoms with van der Waals surface area (Å²) in [6, 6.07) is 0. The van der Waals surface area contributed by atoms with E-state index in [1.54, 1.807) is 20.8 Å². The largest absolute Gasteiger partial charge is 0.443 e. The molecule has 2 amide bonds. The fourth-order valence-electron chi connectivity index (χ4n) is 2.05. The number of hydrogen-bond acceptors (Lipinski definition) is 4. The van der Waals surface area contributed by atoms with Gasteiger partial charge in [-0.05, 0) is 33.6 Å². The molecule has 0 saturated carbocycles. The first-order valence-corrected chi connectivity index (χ1v) is 6.48. The number of rotatable bonds is 3. The Labute approximate surface area is 108 Å². The Morgan fingerprint density at radius 3 is 2.67 bits per heavy atom. The quantitative estimate of drug-likeness (QED) is 0.839. The second-order valence-corrected chi connectivity index (χ2v) is 5.72. The Bertz CT molecular complexity index is 321. The van der Waals surface area contributed by atoms with Crippen molar-refractivity contribution in [1.82, 2.24) is 4.90 Å². The number of nitrogens with zero attached hydrogens (tertiary/aromatic N) is 1. The number of imide groups is 1. The van der Waals surface area contributed by atoms with Crippen LogP contribution in [0.25, 0.3) is 0 Å². The summed E-state index contributed by atoms with van der Waals surface area (Å²) >= 11 is 0. The van der Waals surface area contributed by atoms with Gasteiger partial charge in [-0.1, -0.05) is 13.3 Å². The van der Waals surface area contributed by atoms with Gasteiger partial charge in [0, 0.05) is 6.54 Å². The first-order chi connectivity index (χ1) is 8.26. The van der Waals surface area contributed by atoms with Gasteiger partial charge in [-0.15, -0.1) is 0 Å². The van der Waals surface area contributed by atoms with Crippen molar-refractivity contribution in [3.8, 4) is 0 Å². The molecular weight excluding hydrogens is 234 g/mol. The molecule has 0 aromatic heterocycles. The van der Waals surface area contributed by atoms with Crippen molar-refractivity contribution in [3.63, 3.8) is 0 Å². The molecule has 5 heteroatoms. The highest BCUT2D eigenvalue weighted by Crippen LogP contribution is 2.25. The molecule has 0 aromatic rings. The van der Waals surface area contributed by atoms with E-state index in [2.05, 4.69) is 0 Å². The minimum Gasteiger partial charge on any atom is -0.443 e. The molecule has 1 fully saturated rings. The number of likely N-dealkylation sites (tertiary alicyclic amines) is 1. The highest BCUT2D eigenvalue weighted by molar-refractivity contribution is 5.95. The Balaban J connectivity index is 2.62. The van der Waals surface area contributed by atoms with Crippen molar-refractivity contribution in [2.75, 3.05) is 6.54 Å². The summed E-state index contributed by atoms with van der Waals surface area (Å²) in [5, 5.41) is 9.85. The van der Waals surface area contributed by atoms with E-state index in [4.69, 9.17) is 4.74 Å². The zero-order valence-electron chi connectivity index (χ0n) is 11.6. The number of aliphatic hydroxyl groups excluding tert-OH is 1. The number of ether oxygens (including phenoxy) is 1. The smallest absolute Gasteiger partial charge is 0.417 e. The van der Waals surface area contributed by atoms with Crippen LogP contribution in [0.3, 0.4) is 0 Å². The van der Waals surface area contributed by atoms with Crippen LogP contribution < -0.4 is 0 Å². The molecule has 104 valence electrons. The van der Waals surface area contributed by atoms with Crippen LogP contribution in [0.15, 0.2) is 0 Å². The number of hydrogen-bond donors (Lipinski definition) is 1. The Morgan fingerprint density at radius 2 is 2.17 bits per heavy atom. The SMILES string of the molecule is CCC[C@H](O)[C@@H]1CCN(C(=O)OC(C)(C)C)C1=O. The molecule has 0 aromatic carbocycles. The zero-order chi connectivity index (χ0) is 13.9. The van der Waals surface area contributed by atoms with E-state index in [1.807, 2.05) is 6.92 Å². The molecule has 5 nitrogen and oxygen atoms in total. The molecule has 1 heterocycles. The first kappa shape index (κ1) is 15.0. The van der Waals surface area contributed by atoms with Crippen LogP contribution in [0.2, 0.25) is 0 Å². The van der Waals surface area contributed by atoms with E-state index >= 15 is 0 Å². The summed E-state index contributed by atoms with van der Waals surface area (Å²) in [5.41, 5.74) is -0.614. The topological polar surface area (TPSA) is 66.8 Å². The summed E-state index contributed by atoms with van der Waals surface area (Å²) in [4.78, 5) is 24.9. The molecule has 0 bridgehead atoms. The van der Waals surface area contributed by atoms with E-state index in [9.17, 15) is 14.7 Å². The second kappa shape index (κ2) is 5.69. The zero-order valence-corrected chi connectivity index (χ0v) is 11.6. The molecule has 1 aliphatic rings. The summed E-state index contributed by atoms with van der Waals surface area (Å²) in [6.07, 6.45) is 0.642. The van der Waals surface area contributed by atoms with Gasteiger partial charge in [0.15, 0.2) is 0 Å². The first-order valence-electron chi connectivity index (χ1n) is 6.48. The van der Waals surface area contributed by atoms with Gasteiger partial charge in [0.1, 0.15) is 5.60 Å². The minimum atomic E-state index is -0.657. The van der Waals surface area contributed by atoms with Gasteiger partial charge >= 0.3 is 6.09 Å². The Morgan fingerprint density at radius 1 is 1.56 bits per heavy atom. The number of carbonyl (C=O) groups is 2. The minimum absolute atomic E-state index is 0.315. The molecule has 1 N–H and O–H groups in total. The molecule has 1 rings (SSSR count). The van der Waals surface area contributed by atoms with E-state index in [0.717, 1.165) is 11.3 Å². The molecule has 0 aliphatic carbocycles. The molecule has 0 spiro atoms. The average Bonchev–Trinajstić information content (AvgIpc) is 2.57. The fraction of sp³-hybridized carbons (Fsp3) is 0.846. The maximum atomic E-state index is 12.0. The average molecular weight is 257 g/mol. The van der Waals surface area contributed by atoms with Crippen LogP contribution in [-0.2, 0) is 9.53 Å². The number of aliphatic hydroxyl groups is 1. The third-order valence-corrected chi connectivity index (χ3v) is 2.91. The fourth-order valence-corrected chi connectivity index (χ4v) is 2.05. The summed E-state index contributed by atoms with van der Waals surface area (Å²) in [5.74, 6) is -0.775. The maximum absolute atomic E-state index is 12.0. The lowest BCUT2D eigenvalue weighted by Crippen LogP contribution is -2.40. The molecule has 1 saturated heterocycles. The molecule has 0 radical (unpaired) electrons. The van der Waals surface area contributed by atoms with Gasteiger partial charge in [-0.3, -0.25) is 4.79 Å². The van der Waals surface area contributed by atoms with Crippen molar-refractivity contribution < 1.29 is 19.4 Å². The van der Waals surface area contributed by atoms with Crippen LogP contribution in [0.5, 0.6) is 0 Å². The molecule has 1 aliphatic heterocycles. The van der Waals surface area contributed by atoms with Gasteiger partial charge in [0.2, 0.25) is 5.91 Å². The monoisotopic (exact) mass is 257 g/mol. The molecule has 0 unspecified atom stereocenters. The van der Waals surface area contributed by atoms with Crippen molar-refractivity contribution in [2.45, 2.75) is 58.7 Å². The standard InChI is InChI=1S/C13H23NO4/c1-5-6-10(15)9-7-8-14(11(9)16)12(17)18-13(2,3)4/h9-10,15H,5-8H2,1-4H3/t9-,10-/m0/s1.